The Morgan fingerprint density at radius 3 is 2.32 bits per heavy atom. The zero-order valence-corrected chi connectivity index (χ0v) is 12.8. The summed E-state index contributed by atoms with van der Waals surface area (Å²) in [4.78, 5) is 0. The summed E-state index contributed by atoms with van der Waals surface area (Å²) in [6.07, 6.45) is 4.32. The molecule has 112 valence electrons. The van der Waals surface area contributed by atoms with Crippen LogP contribution in [0, 0.1) is 22.7 Å². The van der Waals surface area contributed by atoms with E-state index in [1.165, 1.54) is 6.42 Å². The van der Waals surface area contributed by atoms with Gasteiger partial charge in [-0.05, 0) is 49.4 Å². The fourth-order valence-electron chi connectivity index (χ4n) is 5.52. The van der Waals surface area contributed by atoms with Crippen LogP contribution in [-0.4, -0.2) is 33.6 Å². The van der Waals surface area contributed by atoms with Gasteiger partial charge in [0.05, 0.1) is 18.3 Å². The van der Waals surface area contributed by atoms with Gasteiger partial charge in [-0.25, -0.2) is 0 Å². The number of aliphatic hydroxyl groups excluding tert-OH is 2. The van der Waals surface area contributed by atoms with E-state index in [9.17, 15) is 15.3 Å². The molecule has 3 nitrogen and oxygen atoms in total. The first-order valence-electron chi connectivity index (χ1n) is 7.66. The first kappa shape index (κ1) is 15.3. The van der Waals surface area contributed by atoms with Crippen LogP contribution >= 0.6 is 0 Å². The summed E-state index contributed by atoms with van der Waals surface area (Å²) in [5, 5.41) is 30.4. The van der Waals surface area contributed by atoms with Crippen LogP contribution in [0.3, 0.4) is 0 Å². The van der Waals surface area contributed by atoms with Gasteiger partial charge in [0.2, 0.25) is 0 Å². The van der Waals surface area contributed by atoms with E-state index in [-0.39, 0.29) is 23.4 Å². The summed E-state index contributed by atoms with van der Waals surface area (Å²) in [6, 6.07) is 0. The van der Waals surface area contributed by atoms with Gasteiger partial charge in [-0.2, -0.15) is 0 Å². The lowest BCUT2D eigenvalue weighted by Crippen LogP contribution is -2.61. The summed E-state index contributed by atoms with van der Waals surface area (Å²) in [6.45, 7) is 8.42. The van der Waals surface area contributed by atoms with Crippen LogP contribution in [0.25, 0.3) is 0 Å². The van der Waals surface area contributed by atoms with Gasteiger partial charge in [0.1, 0.15) is 0 Å². The molecule has 2 fully saturated rings. The average molecular weight is 270 g/mol. The van der Waals surface area contributed by atoms with Gasteiger partial charge in [-0.3, -0.25) is 0 Å². The molecule has 2 rings (SSSR count). The van der Waals surface area contributed by atoms with Crippen LogP contribution in [-0.2, 0) is 0 Å². The van der Waals surface area contributed by atoms with Crippen molar-refractivity contribution in [2.24, 2.45) is 22.7 Å². The minimum Gasteiger partial charge on any atom is -0.394 e. The van der Waals surface area contributed by atoms with Gasteiger partial charge in [0, 0.05) is 5.92 Å². The lowest BCUT2D eigenvalue weighted by Gasteiger charge is -2.62. The van der Waals surface area contributed by atoms with Crippen molar-refractivity contribution in [1.82, 2.24) is 0 Å². The van der Waals surface area contributed by atoms with Crippen LogP contribution in [0.15, 0.2) is 0 Å². The second-order valence-corrected chi connectivity index (χ2v) is 8.02. The van der Waals surface area contributed by atoms with Crippen molar-refractivity contribution in [3.05, 3.63) is 0 Å². The summed E-state index contributed by atoms with van der Waals surface area (Å²) in [5.74, 6) is 0.281. The molecule has 0 aliphatic heterocycles. The molecule has 0 aromatic heterocycles. The van der Waals surface area contributed by atoms with Gasteiger partial charge in [0.25, 0.3) is 0 Å². The molecule has 0 heterocycles. The molecule has 19 heavy (non-hydrogen) atoms. The number of aliphatic hydroxyl groups is 3. The summed E-state index contributed by atoms with van der Waals surface area (Å²) >= 11 is 0. The second kappa shape index (κ2) is 4.71. The standard InChI is InChI=1S/C16H30O3/c1-14(2)7-5-8-15(3)12(14)6-9-16(4,19)13(15)11(18)10-17/h11-13,17-19H,5-10H2,1-4H3/t11-,12-,13-,15-,16+/m0/s1. The van der Waals surface area contributed by atoms with E-state index in [2.05, 4.69) is 20.8 Å². The van der Waals surface area contributed by atoms with E-state index < -0.39 is 11.7 Å². The highest BCUT2D eigenvalue weighted by Crippen LogP contribution is 2.62. The van der Waals surface area contributed by atoms with Crippen molar-refractivity contribution in [2.45, 2.75) is 71.5 Å². The normalized spacial score (nSPS) is 47.5. The van der Waals surface area contributed by atoms with Crippen molar-refractivity contribution in [3.63, 3.8) is 0 Å². The van der Waals surface area contributed by atoms with E-state index in [1.807, 2.05) is 6.92 Å². The minimum absolute atomic E-state index is 0.0777. The Bertz CT molecular complexity index is 337. The molecule has 3 N–H and O–H groups in total. The zero-order valence-electron chi connectivity index (χ0n) is 12.8. The Morgan fingerprint density at radius 2 is 1.74 bits per heavy atom. The Kier molecular flexibility index (Phi) is 3.79. The summed E-state index contributed by atoms with van der Waals surface area (Å²) in [5.41, 5.74) is -0.691. The quantitative estimate of drug-likeness (QED) is 0.722. The number of hydrogen-bond donors (Lipinski definition) is 3. The Morgan fingerprint density at radius 1 is 1.11 bits per heavy atom. The molecule has 3 heteroatoms. The fourth-order valence-corrected chi connectivity index (χ4v) is 5.52. The molecule has 0 aromatic carbocycles. The predicted molar refractivity (Wildman–Crippen MR) is 75.7 cm³/mol. The number of fused-ring (bicyclic) bond motifs is 1. The van der Waals surface area contributed by atoms with Gasteiger partial charge in [-0.15, -0.1) is 0 Å². The highest BCUT2D eigenvalue weighted by Gasteiger charge is 2.59. The largest absolute Gasteiger partial charge is 0.394 e. The molecular weight excluding hydrogens is 240 g/mol. The maximum Gasteiger partial charge on any atom is 0.0831 e. The maximum absolute atomic E-state index is 10.7. The maximum atomic E-state index is 10.7. The molecule has 0 bridgehead atoms. The SMILES string of the molecule is CC1(C)CCC[C@@]2(C)[C@H]1CC[C@@](C)(O)[C@H]2[C@@H](O)CO. The molecule has 0 radical (unpaired) electrons. The molecular formula is C16H30O3. The Balaban J connectivity index is 2.41. The highest BCUT2D eigenvalue weighted by atomic mass is 16.3. The third kappa shape index (κ3) is 2.34. The molecule has 0 amide bonds. The molecule has 2 aliphatic carbocycles. The van der Waals surface area contributed by atoms with Gasteiger partial charge in [0.15, 0.2) is 0 Å². The Labute approximate surface area is 117 Å². The minimum atomic E-state index is -0.874. The predicted octanol–water partition coefficient (Wildman–Crippen LogP) is 2.33. The lowest BCUT2D eigenvalue weighted by molar-refractivity contribution is -0.204. The van der Waals surface area contributed by atoms with Crippen LogP contribution in [0.1, 0.15) is 59.8 Å². The van der Waals surface area contributed by atoms with Crippen molar-refractivity contribution >= 4 is 0 Å². The third-order valence-corrected chi connectivity index (χ3v) is 6.17. The van der Waals surface area contributed by atoms with Crippen LogP contribution < -0.4 is 0 Å². The van der Waals surface area contributed by atoms with Crippen molar-refractivity contribution in [3.8, 4) is 0 Å². The topological polar surface area (TPSA) is 60.7 Å². The van der Waals surface area contributed by atoms with Gasteiger partial charge in [-0.1, -0.05) is 27.2 Å². The van der Waals surface area contributed by atoms with Crippen LogP contribution in [0.4, 0.5) is 0 Å². The van der Waals surface area contributed by atoms with Gasteiger partial charge >= 0.3 is 0 Å². The molecule has 2 aliphatic rings. The molecule has 0 saturated heterocycles. The smallest absolute Gasteiger partial charge is 0.0831 e. The second-order valence-electron chi connectivity index (χ2n) is 8.02. The summed E-state index contributed by atoms with van der Waals surface area (Å²) < 4.78 is 0. The third-order valence-electron chi connectivity index (χ3n) is 6.17. The average Bonchev–Trinajstić information content (AvgIpc) is 2.25. The van der Waals surface area contributed by atoms with E-state index in [1.54, 1.807) is 0 Å². The first-order chi connectivity index (χ1) is 8.65. The van der Waals surface area contributed by atoms with E-state index in [4.69, 9.17) is 0 Å². The van der Waals surface area contributed by atoms with E-state index in [0.717, 1.165) is 25.7 Å². The fraction of sp³-hybridized carbons (Fsp3) is 1.00. The lowest BCUT2D eigenvalue weighted by atomic mass is 9.45. The monoisotopic (exact) mass is 270 g/mol. The molecule has 0 aromatic rings. The zero-order chi connectivity index (χ0) is 14.5. The molecule has 0 spiro atoms. The highest BCUT2D eigenvalue weighted by molar-refractivity contribution is 5.09. The van der Waals surface area contributed by atoms with Crippen molar-refractivity contribution in [1.29, 1.82) is 0 Å². The van der Waals surface area contributed by atoms with Crippen molar-refractivity contribution in [2.75, 3.05) is 6.61 Å². The van der Waals surface area contributed by atoms with Gasteiger partial charge < -0.3 is 15.3 Å². The van der Waals surface area contributed by atoms with Crippen LogP contribution in [0.5, 0.6) is 0 Å². The van der Waals surface area contributed by atoms with E-state index in [0.29, 0.717) is 5.92 Å². The summed E-state index contributed by atoms with van der Waals surface area (Å²) in [7, 11) is 0. The first-order valence-corrected chi connectivity index (χ1v) is 7.66. The Hall–Kier alpha value is -0.120. The molecule has 2 saturated carbocycles. The van der Waals surface area contributed by atoms with E-state index >= 15 is 0 Å². The van der Waals surface area contributed by atoms with Crippen molar-refractivity contribution < 1.29 is 15.3 Å². The molecule has 5 atom stereocenters. The van der Waals surface area contributed by atoms with Crippen LogP contribution in [0.2, 0.25) is 0 Å². The molecule has 0 unspecified atom stereocenters. The number of hydrogen-bond acceptors (Lipinski definition) is 3. The number of rotatable bonds is 2.